The molecule has 0 bridgehead atoms. The lowest BCUT2D eigenvalue weighted by atomic mass is 9.96. The second-order valence-electron chi connectivity index (χ2n) is 7.72. The molecule has 5 atom stereocenters. The second-order valence-corrected chi connectivity index (χ2v) is 9.55. The van der Waals surface area contributed by atoms with Gasteiger partial charge in [-0.15, -0.1) is 0 Å². The molecule has 1 aliphatic heterocycles. The van der Waals surface area contributed by atoms with Crippen LogP contribution in [0.3, 0.4) is 0 Å². The van der Waals surface area contributed by atoms with Crippen molar-refractivity contribution in [3.8, 4) is 6.07 Å². The van der Waals surface area contributed by atoms with E-state index in [0.29, 0.717) is 0 Å². The van der Waals surface area contributed by atoms with E-state index in [2.05, 4.69) is 0 Å². The van der Waals surface area contributed by atoms with Crippen LogP contribution in [0, 0.1) is 23.2 Å². The smallest absolute Gasteiger partial charge is 0.393 e. The van der Waals surface area contributed by atoms with Crippen LogP contribution in [0.25, 0.3) is 0 Å². The van der Waals surface area contributed by atoms with Gasteiger partial charge in [0.2, 0.25) is 5.91 Å². The Morgan fingerprint density at radius 3 is 2.28 bits per heavy atom. The maximum absolute atomic E-state index is 13.2. The summed E-state index contributed by atoms with van der Waals surface area (Å²) in [6, 6.07) is 4.70. The van der Waals surface area contributed by atoms with Gasteiger partial charge in [-0.25, -0.2) is 0 Å². The van der Waals surface area contributed by atoms with Crippen LogP contribution in [0.2, 0.25) is 0 Å². The van der Waals surface area contributed by atoms with Crippen LogP contribution in [-0.2, 0) is 15.7 Å². The molecule has 2 rings (SSSR count). The van der Waals surface area contributed by atoms with Crippen LogP contribution in [0.1, 0.15) is 45.7 Å². The van der Waals surface area contributed by atoms with Crippen molar-refractivity contribution in [2.24, 2.45) is 11.8 Å². The van der Waals surface area contributed by atoms with Crippen molar-refractivity contribution in [2.45, 2.75) is 56.8 Å². The van der Waals surface area contributed by atoms with Gasteiger partial charge in [0.05, 0.1) is 29.2 Å². The molecule has 0 aliphatic carbocycles. The minimum absolute atomic E-state index is 0.0428. The number of thioether (sulfide) groups is 1. The number of rotatable bonds is 5. The fraction of sp³-hybridized carbons (Fsp3) is 0.600. The fourth-order valence-electron chi connectivity index (χ4n) is 3.33. The van der Waals surface area contributed by atoms with Crippen molar-refractivity contribution in [3.05, 3.63) is 29.3 Å². The molecule has 9 heteroatoms. The Balaban J connectivity index is 2.22. The van der Waals surface area contributed by atoms with E-state index in [1.165, 1.54) is 30.9 Å². The maximum Gasteiger partial charge on any atom is 0.417 e. The van der Waals surface area contributed by atoms with Crippen LogP contribution in [0.5, 0.6) is 0 Å². The van der Waals surface area contributed by atoms with E-state index in [9.17, 15) is 23.1 Å². The highest BCUT2D eigenvalue weighted by atomic mass is 32.2. The van der Waals surface area contributed by atoms with Crippen molar-refractivity contribution >= 4 is 23.4 Å². The molecule has 1 saturated heterocycles. The number of ether oxygens (including phenoxy) is 1. The van der Waals surface area contributed by atoms with Gasteiger partial charge in [-0.2, -0.15) is 18.4 Å². The Morgan fingerprint density at radius 2 is 1.83 bits per heavy atom. The average molecular weight is 430 g/mol. The van der Waals surface area contributed by atoms with Crippen LogP contribution >= 0.6 is 11.8 Å². The maximum atomic E-state index is 13.2. The van der Waals surface area contributed by atoms with Crippen molar-refractivity contribution in [1.82, 2.24) is 0 Å². The summed E-state index contributed by atoms with van der Waals surface area (Å²) in [7, 11) is 1.39. The first-order chi connectivity index (χ1) is 13.2. The highest BCUT2D eigenvalue weighted by molar-refractivity contribution is 8.02. The average Bonchev–Trinajstić information content (AvgIpc) is 2.62. The Hall–Kier alpha value is -1.76. The quantitative estimate of drug-likeness (QED) is 0.750. The monoisotopic (exact) mass is 430 g/mol. The first-order valence-corrected chi connectivity index (χ1v) is 9.95. The van der Waals surface area contributed by atoms with E-state index < -0.39 is 45.1 Å². The van der Waals surface area contributed by atoms with E-state index >= 15 is 0 Å². The van der Waals surface area contributed by atoms with Crippen molar-refractivity contribution in [1.29, 1.82) is 5.26 Å². The number of carbonyl (C=O) groups excluding carboxylic acids is 1. The lowest BCUT2D eigenvalue weighted by Gasteiger charge is -2.57. The number of anilines is 1. The predicted molar refractivity (Wildman–Crippen MR) is 105 cm³/mol. The highest BCUT2D eigenvalue weighted by Crippen LogP contribution is 2.59. The van der Waals surface area contributed by atoms with Crippen molar-refractivity contribution in [2.75, 3.05) is 11.9 Å². The molecule has 0 radical (unpaired) electrons. The molecular weight excluding hydrogens is 405 g/mol. The van der Waals surface area contributed by atoms with E-state index in [1.54, 1.807) is 20.8 Å². The summed E-state index contributed by atoms with van der Waals surface area (Å²) >= 11 is 1.42. The molecule has 0 saturated carbocycles. The number of aliphatic hydroxyl groups is 1. The summed E-state index contributed by atoms with van der Waals surface area (Å²) in [5.74, 6) is -1.24. The summed E-state index contributed by atoms with van der Waals surface area (Å²) in [5.41, 5.74) is -1.53. The molecule has 1 amide bonds. The van der Waals surface area contributed by atoms with Gasteiger partial charge in [0.15, 0.2) is 0 Å². The first kappa shape index (κ1) is 23.5. The number of alkyl halides is 3. The Kier molecular flexibility index (Phi) is 6.34. The molecule has 160 valence electrons. The summed E-state index contributed by atoms with van der Waals surface area (Å²) in [5, 5.41) is 18.7. The van der Waals surface area contributed by atoms with E-state index in [0.717, 1.165) is 17.0 Å². The lowest BCUT2D eigenvalue weighted by Crippen LogP contribution is -2.61. The van der Waals surface area contributed by atoms with Gasteiger partial charge in [-0.1, -0.05) is 18.7 Å². The molecular formula is C20H25F3N2O3S. The highest BCUT2D eigenvalue weighted by Gasteiger charge is 2.59. The lowest BCUT2D eigenvalue weighted by molar-refractivity contribution is -0.155. The van der Waals surface area contributed by atoms with E-state index in [1.807, 2.05) is 13.8 Å². The molecule has 0 spiro atoms. The SMILES string of the molecule is CC(O)C(C)C1(C)OC(C)(C(C)C(=O)N(C)c2ccc(C#N)c(C(F)(F)F)c2)S1. The molecule has 5 unspecified atom stereocenters. The fourth-order valence-corrected chi connectivity index (χ4v) is 5.11. The number of nitrogens with zero attached hydrogens (tertiary/aromatic N) is 2. The topological polar surface area (TPSA) is 73.6 Å². The van der Waals surface area contributed by atoms with Gasteiger partial charge in [0.25, 0.3) is 0 Å². The number of hydrogen-bond donors (Lipinski definition) is 1. The minimum Gasteiger partial charge on any atom is -0.393 e. The van der Waals surface area contributed by atoms with Gasteiger partial charge in [0, 0.05) is 18.7 Å². The van der Waals surface area contributed by atoms with Crippen LogP contribution < -0.4 is 4.90 Å². The zero-order valence-electron chi connectivity index (χ0n) is 17.2. The van der Waals surface area contributed by atoms with Crippen LogP contribution in [0.4, 0.5) is 18.9 Å². The summed E-state index contributed by atoms with van der Waals surface area (Å²) < 4.78 is 45.7. The number of aliphatic hydroxyl groups excluding tert-OH is 1. The molecule has 29 heavy (non-hydrogen) atoms. The number of benzene rings is 1. The largest absolute Gasteiger partial charge is 0.417 e. The molecule has 1 aromatic rings. The normalized spacial score (nSPS) is 27.3. The standard InChI is InChI=1S/C20H25F3N2O3S/c1-11(13(3)26)18(4)28-19(5,29-18)12(2)17(27)25(6)15-8-7-14(10-24)16(9-15)20(21,22)23/h7-9,11-13,26H,1-6H3. The second kappa shape index (κ2) is 7.82. The van der Waals surface area contributed by atoms with E-state index in [-0.39, 0.29) is 11.6 Å². The molecule has 1 aliphatic rings. The molecule has 5 nitrogen and oxygen atoms in total. The molecule has 1 fully saturated rings. The molecule has 0 aromatic heterocycles. The number of halogens is 3. The Morgan fingerprint density at radius 1 is 1.28 bits per heavy atom. The van der Waals surface area contributed by atoms with Gasteiger partial charge in [-0.3, -0.25) is 4.79 Å². The summed E-state index contributed by atoms with van der Waals surface area (Å²) in [6.45, 7) is 8.78. The van der Waals surface area contributed by atoms with Gasteiger partial charge >= 0.3 is 6.18 Å². The van der Waals surface area contributed by atoms with Gasteiger partial charge in [-0.05, 0) is 45.9 Å². The Labute approximate surface area is 172 Å². The van der Waals surface area contributed by atoms with Gasteiger partial charge in [0.1, 0.15) is 9.87 Å². The first-order valence-electron chi connectivity index (χ1n) is 9.13. The number of nitriles is 1. The van der Waals surface area contributed by atoms with Crippen LogP contribution in [0.15, 0.2) is 18.2 Å². The summed E-state index contributed by atoms with van der Waals surface area (Å²) in [6.07, 6.45) is -5.29. The Bertz CT molecular complexity index is 829. The summed E-state index contributed by atoms with van der Waals surface area (Å²) in [4.78, 5) is 12.6. The minimum atomic E-state index is -4.70. The number of carbonyl (C=O) groups is 1. The third-order valence-corrected chi connectivity index (χ3v) is 7.37. The third kappa shape index (κ3) is 4.39. The zero-order valence-corrected chi connectivity index (χ0v) is 18.0. The van der Waals surface area contributed by atoms with Crippen molar-refractivity contribution in [3.63, 3.8) is 0 Å². The van der Waals surface area contributed by atoms with E-state index in [4.69, 9.17) is 10.00 Å². The predicted octanol–water partition coefficient (Wildman–Crippen LogP) is 4.39. The van der Waals surface area contributed by atoms with Crippen molar-refractivity contribution < 1.29 is 27.8 Å². The number of amides is 1. The third-order valence-electron chi connectivity index (χ3n) is 5.67. The molecule has 1 N–H and O–H groups in total. The van der Waals surface area contributed by atoms with Crippen LogP contribution in [-0.4, -0.2) is 34.0 Å². The molecule has 1 aromatic carbocycles. The van der Waals surface area contributed by atoms with Gasteiger partial charge < -0.3 is 14.7 Å². The zero-order chi connectivity index (χ0) is 22.4. The molecule has 1 heterocycles. The number of hydrogen-bond acceptors (Lipinski definition) is 5.